The minimum absolute atomic E-state index is 0.0653. The quantitative estimate of drug-likeness (QED) is 0.776. The van der Waals surface area contributed by atoms with Gasteiger partial charge in [-0.25, -0.2) is 4.98 Å². The van der Waals surface area contributed by atoms with Gasteiger partial charge < -0.3 is 14.8 Å². The van der Waals surface area contributed by atoms with Crippen molar-refractivity contribution in [1.82, 2.24) is 14.9 Å². The van der Waals surface area contributed by atoms with Crippen molar-refractivity contribution in [3.8, 4) is 11.5 Å². The molecule has 3 heterocycles. The van der Waals surface area contributed by atoms with Crippen LogP contribution in [0.25, 0.3) is 10.2 Å². The fourth-order valence-corrected chi connectivity index (χ4v) is 3.25. The van der Waals surface area contributed by atoms with Gasteiger partial charge in [-0.1, -0.05) is 6.07 Å². The first-order valence-corrected chi connectivity index (χ1v) is 8.16. The number of hydrogen-bond donors (Lipinski definition) is 1. The predicted molar refractivity (Wildman–Crippen MR) is 88.3 cm³/mol. The number of fused-ring (bicyclic) bond motifs is 2. The highest BCUT2D eigenvalue weighted by molar-refractivity contribution is 7.17. The number of thiophene rings is 1. The zero-order chi connectivity index (χ0) is 16.5. The van der Waals surface area contributed by atoms with Crippen molar-refractivity contribution in [2.24, 2.45) is 0 Å². The molecular weight excluding hydrogens is 330 g/mol. The van der Waals surface area contributed by atoms with Crippen molar-refractivity contribution in [1.29, 1.82) is 0 Å². The fraction of sp³-hybridized carbons (Fsp3) is 0.188. The topological polar surface area (TPSA) is 82.5 Å². The van der Waals surface area contributed by atoms with Crippen LogP contribution in [0.2, 0.25) is 0 Å². The van der Waals surface area contributed by atoms with Crippen LogP contribution in [0.4, 0.5) is 0 Å². The molecule has 1 N–H and O–H groups in total. The Morgan fingerprint density at radius 2 is 2.17 bits per heavy atom. The molecule has 1 aliphatic heterocycles. The van der Waals surface area contributed by atoms with Gasteiger partial charge in [0.05, 0.1) is 11.8 Å². The zero-order valence-corrected chi connectivity index (χ0v) is 13.3. The van der Waals surface area contributed by atoms with Gasteiger partial charge in [0.2, 0.25) is 12.7 Å². The highest BCUT2D eigenvalue weighted by Gasteiger charge is 2.14. The minimum atomic E-state index is -0.257. The average molecular weight is 343 g/mol. The number of rotatable bonds is 4. The summed E-state index contributed by atoms with van der Waals surface area (Å²) in [5.41, 5.74) is 1.35. The highest BCUT2D eigenvalue weighted by Crippen LogP contribution is 2.32. The monoisotopic (exact) mass is 343 g/mol. The fourth-order valence-electron chi connectivity index (χ4n) is 2.45. The molecule has 122 valence electrons. The van der Waals surface area contributed by atoms with E-state index < -0.39 is 0 Å². The molecule has 1 aliphatic rings. The summed E-state index contributed by atoms with van der Waals surface area (Å²) in [6.07, 6.45) is 1.40. The van der Waals surface area contributed by atoms with Gasteiger partial charge in [0.25, 0.3) is 5.56 Å². The largest absolute Gasteiger partial charge is 0.454 e. The number of amides is 1. The van der Waals surface area contributed by atoms with Crippen LogP contribution in [0.1, 0.15) is 5.56 Å². The molecule has 4 rings (SSSR count). The third-order valence-electron chi connectivity index (χ3n) is 3.68. The summed E-state index contributed by atoms with van der Waals surface area (Å²) in [6.45, 7) is 0.495. The van der Waals surface area contributed by atoms with Crippen LogP contribution in [0.5, 0.6) is 11.5 Å². The Labute approximate surface area is 140 Å². The van der Waals surface area contributed by atoms with Gasteiger partial charge in [-0.2, -0.15) is 0 Å². The lowest BCUT2D eigenvalue weighted by Gasteiger charge is -2.08. The molecule has 0 unspecified atom stereocenters. The number of aromatic nitrogens is 2. The van der Waals surface area contributed by atoms with E-state index in [9.17, 15) is 9.59 Å². The molecule has 1 amide bonds. The molecule has 3 aromatic rings. The molecule has 0 atom stereocenters. The molecule has 0 radical (unpaired) electrons. The molecule has 2 aromatic heterocycles. The Kier molecular flexibility index (Phi) is 3.66. The number of hydrogen-bond acceptors (Lipinski definition) is 6. The first kappa shape index (κ1) is 14.7. The molecule has 0 aliphatic carbocycles. The molecule has 24 heavy (non-hydrogen) atoms. The first-order chi connectivity index (χ1) is 11.7. The predicted octanol–water partition coefficient (Wildman–Crippen LogP) is 1.50. The summed E-state index contributed by atoms with van der Waals surface area (Å²) in [7, 11) is 0. The van der Waals surface area contributed by atoms with Crippen LogP contribution in [-0.4, -0.2) is 22.3 Å². The van der Waals surface area contributed by atoms with E-state index >= 15 is 0 Å². The Morgan fingerprint density at radius 3 is 3.08 bits per heavy atom. The first-order valence-electron chi connectivity index (χ1n) is 7.28. The average Bonchev–Trinajstić information content (AvgIpc) is 3.24. The summed E-state index contributed by atoms with van der Waals surface area (Å²) in [5, 5.41) is 4.60. The second-order valence-corrected chi connectivity index (χ2v) is 6.19. The van der Waals surface area contributed by atoms with E-state index in [2.05, 4.69) is 10.3 Å². The summed E-state index contributed by atoms with van der Waals surface area (Å²) in [6, 6.07) is 7.28. The lowest BCUT2D eigenvalue weighted by molar-refractivity contribution is -0.121. The number of ether oxygens (including phenoxy) is 2. The number of benzene rings is 1. The summed E-state index contributed by atoms with van der Waals surface area (Å²) in [4.78, 5) is 28.5. The molecule has 0 saturated carbocycles. The Morgan fingerprint density at radius 1 is 1.29 bits per heavy atom. The Bertz CT molecular complexity index is 979. The van der Waals surface area contributed by atoms with Crippen molar-refractivity contribution in [3.05, 3.63) is 51.9 Å². The number of nitrogens with one attached hydrogen (secondary N) is 1. The van der Waals surface area contributed by atoms with E-state index in [4.69, 9.17) is 9.47 Å². The SMILES string of the molecule is O=C(Cn1cnc2ccsc2c1=O)NCc1ccc2c(c1)OCO2. The van der Waals surface area contributed by atoms with Gasteiger partial charge >= 0.3 is 0 Å². The second-order valence-electron chi connectivity index (χ2n) is 5.28. The van der Waals surface area contributed by atoms with E-state index in [0.29, 0.717) is 28.3 Å². The van der Waals surface area contributed by atoms with Gasteiger partial charge in [0, 0.05) is 6.54 Å². The van der Waals surface area contributed by atoms with Crippen LogP contribution in [0, 0.1) is 0 Å². The highest BCUT2D eigenvalue weighted by atomic mass is 32.1. The van der Waals surface area contributed by atoms with Crippen molar-refractivity contribution in [2.75, 3.05) is 6.79 Å². The van der Waals surface area contributed by atoms with Gasteiger partial charge in [-0.15, -0.1) is 11.3 Å². The molecule has 8 heteroatoms. The van der Waals surface area contributed by atoms with Gasteiger partial charge in [0.15, 0.2) is 11.5 Å². The maximum absolute atomic E-state index is 12.3. The minimum Gasteiger partial charge on any atom is -0.454 e. The Hall–Kier alpha value is -2.87. The maximum atomic E-state index is 12.3. The summed E-state index contributed by atoms with van der Waals surface area (Å²) >= 11 is 1.32. The zero-order valence-electron chi connectivity index (χ0n) is 12.5. The van der Waals surface area contributed by atoms with E-state index in [0.717, 1.165) is 5.56 Å². The smallest absolute Gasteiger partial charge is 0.271 e. The van der Waals surface area contributed by atoms with Crippen LogP contribution in [0.3, 0.4) is 0 Å². The Balaban J connectivity index is 1.43. The number of nitrogens with zero attached hydrogens (tertiary/aromatic N) is 2. The van der Waals surface area contributed by atoms with E-state index in [-0.39, 0.29) is 24.8 Å². The standard InChI is InChI=1S/C16H13N3O4S/c20-14(7-19-8-18-11-3-4-24-15(11)16(19)21)17-6-10-1-2-12-13(5-10)23-9-22-12/h1-5,8H,6-7,9H2,(H,17,20). The summed E-state index contributed by atoms with van der Waals surface area (Å²) < 4.78 is 12.4. The number of carbonyl (C=O) groups is 1. The van der Waals surface area contributed by atoms with E-state index in [1.54, 1.807) is 6.07 Å². The molecule has 7 nitrogen and oxygen atoms in total. The molecular formula is C16H13N3O4S. The maximum Gasteiger partial charge on any atom is 0.271 e. The van der Waals surface area contributed by atoms with Crippen molar-refractivity contribution < 1.29 is 14.3 Å². The molecule has 0 fully saturated rings. The lowest BCUT2D eigenvalue weighted by Crippen LogP contribution is -2.31. The molecule has 1 aromatic carbocycles. The van der Waals surface area contributed by atoms with Crippen molar-refractivity contribution >= 4 is 27.5 Å². The third-order valence-corrected chi connectivity index (χ3v) is 4.57. The molecule has 0 saturated heterocycles. The van der Waals surface area contributed by atoms with Crippen LogP contribution < -0.4 is 20.3 Å². The van der Waals surface area contributed by atoms with Gasteiger partial charge in [-0.05, 0) is 29.1 Å². The molecule has 0 spiro atoms. The normalized spacial score (nSPS) is 12.5. The third kappa shape index (κ3) is 2.71. The van der Waals surface area contributed by atoms with Crippen LogP contribution in [-0.2, 0) is 17.9 Å². The van der Waals surface area contributed by atoms with Gasteiger partial charge in [-0.3, -0.25) is 14.2 Å². The lowest BCUT2D eigenvalue weighted by atomic mass is 10.2. The van der Waals surface area contributed by atoms with Crippen LogP contribution >= 0.6 is 11.3 Å². The van der Waals surface area contributed by atoms with E-state index in [1.165, 1.54) is 22.2 Å². The summed E-state index contributed by atoms with van der Waals surface area (Å²) in [5.74, 6) is 1.12. The van der Waals surface area contributed by atoms with Gasteiger partial charge in [0.1, 0.15) is 11.2 Å². The van der Waals surface area contributed by atoms with Crippen molar-refractivity contribution in [2.45, 2.75) is 13.1 Å². The second kappa shape index (κ2) is 5.97. The van der Waals surface area contributed by atoms with Crippen LogP contribution in [0.15, 0.2) is 40.8 Å². The molecule has 0 bridgehead atoms. The van der Waals surface area contributed by atoms with E-state index in [1.807, 2.05) is 23.6 Å². The van der Waals surface area contributed by atoms with Crippen molar-refractivity contribution in [3.63, 3.8) is 0 Å². The number of carbonyl (C=O) groups excluding carboxylic acids is 1.